The molecule has 0 N–H and O–H groups in total. The van der Waals surface area contributed by atoms with Gasteiger partial charge in [-0.05, 0) is 39.5 Å². The van der Waals surface area contributed by atoms with Crippen LogP contribution in [0, 0.1) is 5.92 Å². The first-order chi connectivity index (χ1) is 9.35. The highest BCUT2D eigenvalue weighted by atomic mass is 16.6. The zero-order valence-corrected chi connectivity index (χ0v) is 13.8. The lowest BCUT2D eigenvalue weighted by atomic mass is 10.0. The molecule has 0 spiro atoms. The lowest BCUT2D eigenvalue weighted by Gasteiger charge is -2.33. The van der Waals surface area contributed by atoms with Gasteiger partial charge in [-0.3, -0.25) is 0 Å². The van der Waals surface area contributed by atoms with E-state index in [0.29, 0.717) is 12.0 Å². The smallest absolute Gasteiger partial charge is 0.410 e. The molecule has 1 fully saturated rings. The average molecular weight is 285 g/mol. The zero-order chi connectivity index (χ0) is 15.2. The minimum absolute atomic E-state index is 0.198. The van der Waals surface area contributed by atoms with Crippen LogP contribution in [-0.4, -0.2) is 42.4 Å². The largest absolute Gasteiger partial charge is 0.444 e. The Morgan fingerprint density at radius 1 is 1.20 bits per heavy atom. The summed E-state index contributed by atoms with van der Waals surface area (Å²) in [6.07, 6.45) is 4.28. The van der Waals surface area contributed by atoms with Crippen LogP contribution >= 0.6 is 0 Å². The molecule has 0 aromatic carbocycles. The summed E-state index contributed by atoms with van der Waals surface area (Å²) >= 11 is 0. The number of carbonyl (C=O) groups is 1. The summed E-state index contributed by atoms with van der Waals surface area (Å²) in [5.41, 5.74) is -0.417. The van der Waals surface area contributed by atoms with Gasteiger partial charge in [-0.15, -0.1) is 0 Å². The van der Waals surface area contributed by atoms with Crippen LogP contribution in [0.2, 0.25) is 0 Å². The predicted molar refractivity (Wildman–Crippen MR) is 80.9 cm³/mol. The van der Waals surface area contributed by atoms with Gasteiger partial charge >= 0.3 is 6.09 Å². The predicted octanol–water partition coefficient (Wildman–Crippen LogP) is 3.84. The van der Waals surface area contributed by atoms with Crippen molar-refractivity contribution in [2.75, 3.05) is 19.7 Å². The van der Waals surface area contributed by atoms with E-state index >= 15 is 0 Å². The van der Waals surface area contributed by atoms with Gasteiger partial charge in [0.1, 0.15) is 5.60 Å². The number of likely N-dealkylation sites (tertiary alicyclic amines) is 1. The standard InChI is InChI=1S/C16H31NO3/c1-6-13(7-2)12-19-14-8-10-17(11-9-14)15(18)20-16(3,4)5/h13-14H,6-12H2,1-5H3. The SMILES string of the molecule is CCC(CC)COC1CCN(C(=O)OC(C)(C)C)CC1. The van der Waals surface area contributed by atoms with Gasteiger partial charge in [0.2, 0.25) is 0 Å². The number of rotatable bonds is 5. The molecule has 0 aromatic heterocycles. The van der Waals surface area contributed by atoms with Gasteiger partial charge in [0.15, 0.2) is 0 Å². The van der Waals surface area contributed by atoms with Crippen molar-refractivity contribution in [3.8, 4) is 0 Å². The highest BCUT2D eigenvalue weighted by molar-refractivity contribution is 5.68. The van der Waals surface area contributed by atoms with Crippen LogP contribution in [-0.2, 0) is 9.47 Å². The summed E-state index contributed by atoms with van der Waals surface area (Å²) in [6, 6.07) is 0. The van der Waals surface area contributed by atoms with E-state index in [2.05, 4.69) is 13.8 Å². The van der Waals surface area contributed by atoms with E-state index in [-0.39, 0.29) is 6.09 Å². The molecule has 0 unspecified atom stereocenters. The van der Waals surface area contributed by atoms with Crippen LogP contribution in [0.4, 0.5) is 4.79 Å². The van der Waals surface area contributed by atoms with E-state index < -0.39 is 5.60 Å². The molecule has 0 atom stereocenters. The van der Waals surface area contributed by atoms with Crippen molar-refractivity contribution in [2.45, 2.75) is 72.0 Å². The second kappa shape index (κ2) is 7.87. The number of hydrogen-bond donors (Lipinski definition) is 0. The molecular formula is C16H31NO3. The third-order valence-electron chi connectivity index (χ3n) is 3.82. The van der Waals surface area contributed by atoms with Crippen LogP contribution in [0.25, 0.3) is 0 Å². The monoisotopic (exact) mass is 285 g/mol. The van der Waals surface area contributed by atoms with E-state index in [1.165, 1.54) is 12.8 Å². The number of piperidine rings is 1. The normalized spacial score (nSPS) is 17.6. The van der Waals surface area contributed by atoms with Gasteiger partial charge in [0, 0.05) is 19.7 Å². The highest BCUT2D eigenvalue weighted by Gasteiger charge is 2.27. The van der Waals surface area contributed by atoms with Crippen molar-refractivity contribution in [1.29, 1.82) is 0 Å². The van der Waals surface area contributed by atoms with Gasteiger partial charge < -0.3 is 14.4 Å². The maximum atomic E-state index is 11.9. The topological polar surface area (TPSA) is 38.8 Å². The van der Waals surface area contributed by atoms with E-state index in [1.54, 1.807) is 4.90 Å². The summed E-state index contributed by atoms with van der Waals surface area (Å²) in [5.74, 6) is 0.666. The molecule has 118 valence electrons. The van der Waals surface area contributed by atoms with Crippen molar-refractivity contribution in [1.82, 2.24) is 4.90 Å². The molecular weight excluding hydrogens is 254 g/mol. The number of ether oxygens (including phenoxy) is 2. The molecule has 4 nitrogen and oxygen atoms in total. The second-order valence-corrected chi connectivity index (χ2v) is 6.68. The van der Waals surface area contributed by atoms with Crippen molar-refractivity contribution in [2.24, 2.45) is 5.92 Å². The number of nitrogens with zero attached hydrogens (tertiary/aromatic N) is 1. The molecule has 20 heavy (non-hydrogen) atoms. The summed E-state index contributed by atoms with van der Waals surface area (Å²) in [7, 11) is 0. The highest BCUT2D eigenvalue weighted by Crippen LogP contribution is 2.19. The van der Waals surface area contributed by atoms with Crippen molar-refractivity contribution in [3.63, 3.8) is 0 Å². The molecule has 0 bridgehead atoms. The first-order valence-corrected chi connectivity index (χ1v) is 7.95. The van der Waals surface area contributed by atoms with Crippen molar-refractivity contribution >= 4 is 6.09 Å². The van der Waals surface area contributed by atoms with Crippen molar-refractivity contribution < 1.29 is 14.3 Å². The van der Waals surface area contributed by atoms with Crippen LogP contribution in [0.5, 0.6) is 0 Å². The first kappa shape index (κ1) is 17.3. The van der Waals surface area contributed by atoms with Gasteiger partial charge in [-0.25, -0.2) is 4.79 Å². The molecule has 0 radical (unpaired) electrons. The van der Waals surface area contributed by atoms with Crippen LogP contribution in [0.15, 0.2) is 0 Å². The second-order valence-electron chi connectivity index (χ2n) is 6.68. The van der Waals surface area contributed by atoms with Crippen molar-refractivity contribution in [3.05, 3.63) is 0 Å². The van der Waals surface area contributed by atoms with Crippen LogP contribution < -0.4 is 0 Å². The molecule has 1 saturated heterocycles. The Kier molecular flexibility index (Phi) is 6.80. The Hall–Kier alpha value is -0.770. The van der Waals surface area contributed by atoms with E-state index in [4.69, 9.17) is 9.47 Å². The van der Waals surface area contributed by atoms with E-state index in [1.807, 2.05) is 20.8 Å². The Morgan fingerprint density at radius 3 is 2.20 bits per heavy atom. The fraction of sp³-hybridized carbons (Fsp3) is 0.938. The summed E-state index contributed by atoms with van der Waals surface area (Å²) < 4.78 is 11.4. The number of carbonyl (C=O) groups excluding carboxylic acids is 1. The van der Waals surface area contributed by atoms with E-state index in [9.17, 15) is 4.79 Å². The third kappa shape index (κ3) is 6.12. The first-order valence-electron chi connectivity index (χ1n) is 7.95. The molecule has 0 aliphatic carbocycles. The molecule has 1 aliphatic heterocycles. The Morgan fingerprint density at radius 2 is 1.75 bits per heavy atom. The zero-order valence-electron chi connectivity index (χ0n) is 13.8. The number of amides is 1. The minimum Gasteiger partial charge on any atom is -0.444 e. The number of hydrogen-bond acceptors (Lipinski definition) is 3. The summed E-state index contributed by atoms with van der Waals surface area (Å²) in [5, 5.41) is 0. The molecule has 1 amide bonds. The van der Waals surface area contributed by atoms with Gasteiger partial charge in [0.05, 0.1) is 6.10 Å². The molecule has 4 heteroatoms. The fourth-order valence-corrected chi connectivity index (χ4v) is 2.33. The Balaban J connectivity index is 2.28. The van der Waals surface area contributed by atoms with Gasteiger partial charge in [0.25, 0.3) is 0 Å². The molecule has 0 saturated carbocycles. The van der Waals surface area contributed by atoms with Crippen LogP contribution in [0.1, 0.15) is 60.3 Å². The lowest BCUT2D eigenvalue weighted by molar-refractivity contribution is -0.0215. The summed E-state index contributed by atoms with van der Waals surface area (Å²) in [6.45, 7) is 12.4. The fourth-order valence-electron chi connectivity index (χ4n) is 2.33. The average Bonchev–Trinajstić information content (AvgIpc) is 2.38. The Labute approximate surface area is 123 Å². The molecule has 1 heterocycles. The van der Waals surface area contributed by atoms with E-state index in [0.717, 1.165) is 32.5 Å². The molecule has 0 aromatic rings. The third-order valence-corrected chi connectivity index (χ3v) is 3.82. The minimum atomic E-state index is -0.417. The summed E-state index contributed by atoms with van der Waals surface area (Å²) in [4.78, 5) is 13.7. The van der Waals surface area contributed by atoms with Crippen LogP contribution in [0.3, 0.4) is 0 Å². The molecule has 1 aliphatic rings. The Bertz CT molecular complexity index is 287. The maximum absolute atomic E-state index is 11.9. The maximum Gasteiger partial charge on any atom is 0.410 e. The lowest BCUT2D eigenvalue weighted by Crippen LogP contribution is -2.43. The molecule has 1 rings (SSSR count). The van der Waals surface area contributed by atoms with Gasteiger partial charge in [-0.2, -0.15) is 0 Å². The quantitative estimate of drug-likeness (QED) is 0.770. The van der Waals surface area contributed by atoms with Gasteiger partial charge in [-0.1, -0.05) is 26.7 Å².